The van der Waals surface area contributed by atoms with Crippen molar-refractivity contribution in [3.05, 3.63) is 29.8 Å². The van der Waals surface area contributed by atoms with Crippen LogP contribution in [0, 0.1) is 11.3 Å². The number of carbonyl (C=O) groups excluding carboxylic acids is 2. The number of amides is 1. The number of benzene rings is 1. The number of aliphatic hydroxyl groups excluding tert-OH is 1. The van der Waals surface area contributed by atoms with Gasteiger partial charge in [-0.25, -0.2) is 0 Å². The van der Waals surface area contributed by atoms with E-state index in [4.69, 9.17) is 4.74 Å². The maximum Gasteiger partial charge on any atom is 0.311 e. The van der Waals surface area contributed by atoms with E-state index in [1.54, 1.807) is 6.92 Å². The molecule has 154 valence electrons. The molecule has 0 aromatic heterocycles. The largest absolute Gasteiger partial charge is 0.469 e. The van der Waals surface area contributed by atoms with Crippen molar-refractivity contribution in [2.45, 2.75) is 62.1 Å². The number of carbonyl (C=O) groups is 2. The third-order valence-electron chi connectivity index (χ3n) is 9.25. The van der Waals surface area contributed by atoms with Crippen LogP contribution in [0.3, 0.4) is 0 Å². The van der Waals surface area contributed by atoms with Crippen LogP contribution >= 0.6 is 0 Å². The van der Waals surface area contributed by atoms with Gasteiger partial charge in [-0.3, -0.25) is 14.5 Å². The normalized spacial score (nSPS) is 44.2. The summed E-state index contributed by atoms with van der Waals surface area (Å²) in [5.74, 6) is -0.661. The molecule has 7 rings (SSSR count). The zero-order valence-corrected chi connectivity index (χ0v) is 17.1. The number of esters is 1. The summed E-state index contributed by atoms with van der Waals surface area (Å²) in [6.45, 7) is 3.46. The summed E-state index contributed by atoms with van der Waals surface area (Å²) in [5.41, 5.74) is 0.901. The summed E-state index contributed by atoms with van der Waals surface area (Å²) in [7, 11) is 1.45. The first-order valence-electron chi connectivity index (χ1n) is 10.8. The minimum atomic E-state index is -0.603. The lowest BCUT2D eigenvalue weighted by Gasteiger charge is -2.71. The van der Waals surface area contributed by atoms with Gasteiger partial charge in [0.05, 0.1) is 24.7 Å². The maximum atomic E-state index is 13.2. The molecular weight excluding hydrogens is 368 g/mol. The van der Waals surface area contributed by atoms with Gasteiger partial charge in [-0.2, -0.15) is 0 Å². The summed E-state index contributed by atoms with van der Waals surface area (Å²) in [6.07, 6.45) is 3.45. The second-order valence-electron chi connectivity index (χ2n) is 9.77. The molecule has 1 N–H and O–H groups in total. The van der Waals surface area contributed by atoms with Gasteiger partial charge in [0, 0.05) is 36.0 Å². The van der Waals surface area contributed by atoms with Gasteiger partial charge in [-0.1, -0.05) is 18.2 Å². The minimum absolute atomic E-state index is 0.00700. The smallest absolute Gasteiger partial charge is 0.311 e. The lowest BCUT2D eigenvalue weighted by Crippen LogP contribution is -2.81. The van der Waals surface area contributed by atoms with Crippen LogP contribution in [0.5, 0.6) is 0 Å². The molecule has 3 aliphatic heterocycles. The van der Waals surface area contributed by atoms with Crippen LogP contribution < -0.4 is 4.90 Å². The van der Waals surface area contributed by atoms with Gasteiger partial charge in [-0.05, 0) is 50.3 Å². The monoisotopic (exact) mass is 396 g/mol. The first-order valence-corrected chi connectivity index (χ1v) is 10.8. The second kappa shape index (κ2) is 5.41. The molecule has 6 nitrogen and oxygen atoms in total. The SMILES string of the molecule is COC(=O)C1CC23CCC14N(C(C)=O)c1ccccc1C41CCN(CCC2O)C31. The third-order valence-corrected chi connectivity index (χ3v) is 9.25. The Morgan fingerprint density at radius 3 is 2.72 bits per heavy atom. The average molecular weight is 396 g/mol. The molecule has 5 fully saturated rings. The van der Waals surface area contributed by atoms with Crippen molar-refractivity contribution in [2.75, 3.05) is 25.1 Å². The summed E-state index contributed by atoms with van der Waals surface area (Å²) >= 11 is 0. The molecule has 1 amide bonds. The molecule has 1 aromatic rings. The van der Waals surface area contributed by atoms with Crippen molar-refractivity contribution in [1.82, 2.24) is 4.90 Å². The fourth-order valence-corrected chi connectivity index (χ4v) is 8.65. The van der Waals surface area contributed by atoms with Gasteiger partial charge in [0.2, 0.25) is 5.91 Å². The number of methoxy groups -OCH3 is 1. The highest BCUT2D eigenvalue weighted by Crippen LogP contribution is 2.75. The number of aliphatic hydroxyl groups is 1. The van der Waals surface area contributed by atoms with E-state index in [1.807, 2.05) is 17.0 Å². The second-order valence-corrected chi connectivity index (χ2v) is 9.77. The molecule has 2 bridgehead atoms. The number of para-hydroxylation sites is 1. The highest BCUT2D eigenvalue weighted by molar-refractivity contribution is 5.99. The lowest BCUT2D eigenvalue weighted by molar-refractivity contribution is -0.200. The summed E-state index contributed by atoms with van der Waals surface area (Å²) in [6, 6.07) is 8.40. The first kappa shape index (κ1) is 17.9. The lowest BCUT2D eigenvalue weighted by atomic mass is 9.38. The number of hydrogen-bond donors (Lipinski definition) is 1. The van der Waals surface area contributed by atoms with E-state index in [0.717, 1.165) is 44.5 Å². The van der Waals surface area contributed by atoms with Gasteiger partial charge in [0.15, 0.2) is 0 Å². The van der Waals surface area contributed by atoms with Gasteiger partial charge in [0.1, 0.15) is 0 Å². The standard InChI is InChI=1S/C23H28N2O4/c1-14(26)25-17-6-4-3-5-15(17)22-10-12-24-11-7-18(27)21(20(22)24)8-9-23(22,25)16(13-21)19(28)29-2/h3-6,16,18,20,27H,7-13H2,1-2H3. The number of anilines is 1. The molecule has 29 heavy (non-hydrogen) atoms. The summed E-state index contributed by atoms with van der Waals surface area (Å²) < 4.78 is 5.31. The highest BCUT2D eigenvalue weighted by atomic mass is 16.5. The van der Waals surface area contributed by atoms with Gasteiger partial charge >= 0.3 is 5.97 Å². The molecule has 2 saturated heterocycles. The molecular formula is C23H28N2O4. The van der Waals surface area contributed by atoms with Gasteiger partial charge in [0.25, 0.3) is 0 Å². The number of hydrogen-bond acceptors (Lipinski definition) is 5. The van der Waals surface area contributed by atoms with Crippen molar-refractivity contribution < 1.29 is 19.4 Å². The van der Waals surface area contributed by atoms with Crippen LogP contribution in [0.2, 0.25) is 0 Å². The Hall–Kier alpha value is -1.92. The van der Waals surface area contributed by atoms with Crippen molar-refractivity contribution in [1.29, 1.82) is 0 Å². The first-order chi connectivity index (χ1) is 13.9. The Bertz CT molecular complexity index is 933. The Morgan fingerprint density at radius 2 is 1.97 bits per heavy atom. The van der Waals surface area contributed by atoms with Crippen LogP contribution in [0.15, 0.2) is 24.3 Å². The zero-order chi connectivity index (χ0) is 20.2. The van der Waals surface area contributed by atoms with E-state index < -0.39 is 17.6 Å². The Kier molecular flexibility index (Phi) is 3.34. The van der Waals surface area contributed by atoms with Gasteiger partial charge in [-0.15, -0.1) is 0 Å². The topological polar surface area (TPSA) is 70.1 Å². The molecule has 3 heterocycles. The predicted octanol–water partition coefficient (Wildman–Crippen LogP) is 1.84. The number of fused-ring (bicyclic) bond motifs is 3. The molecule has 3 spiro atoms. The van der Waals surface area contributed by atoms with Crippen molar-refractivity contribution in [3.8, 4) is 0 Å². The molecule has 6 unspecified atom stereocenters. The van der Waals surface area contributed by atoms with E-state index in [9.17, 15) is 14.7 Å². The fraction of sp³-hybridized carbons (Fsp3) is 0.652. The Morgan fingerprint density at radius 1 is 1.17 bits per heavy atom. The molecule has 3 aliphatic carbocycles. The fourth-order valence-electron chi connectivity index (χ4n) is 8.65. The van der Waals surface area contributed by atoms with Crippen LogP contribution in [0.25, 0.3) is 0 Å². The van der Waals surface area contributed by atoms with Crippen LogP contribution in [0.1, 0.15) is 44.6 Å². The number of piperidine rings is 1. The minimum Gasteiger partial charge on any atom is -0.469 e. The van der Waals surface area contributed by atoms with E-state index >= 15 is 0 Å². The van der Waals surface area contributed by atoms with Crippen molar-refractivity contribution >= 4 is 17.6 Å². The van der Waals surface area contributed by atoms with E-state index in [2.05, 4.69) is 17.0 Å². The Balaban J connectivity index is 1.71. The maximum absolute atomic E-state index is 13.2. The molecule has 6 atom stereocenters. The molecule has 1 aromatic carbocycles. The third kappa shape index (κ3) is 1.67. The van der Waals surface area contributed by atoms with Crippen LogP contribution in [-0.4, -0.2) is 59.8 Å². The molecule has 0 radical (unpaired) electrons. The molecule has 3 saturated carbocycles. The van der Waals surface area contributed by atoms with Crippen LogP contribution in [0.4, 0.5) is 5.69 Å². The quantitative estimate of drug-likeness (QED) is 0.734. The molecule has 6 aliphatic rings. The summed E-state index contributed by atoms with van der Waals surface area (Å²) in [5, 5.41) is 11.3. The zero-order valence-electron chi connectivity index (χ0n) is 17.1. The van der Waals surface area contributed by atoms with E-state index in [-0.39, 0.29) is 28.7 Å². The van der Waals surface area contributed by atoms with Crippen molar-refractivity contribution in [3.63, 3.8) is 0 Å². The number of ether oxygens (including phenoxy) is 1. The highest BCUT2D eigenvalue weighted by Gasteiger charge is 2.82. The predicted molar refractivity (Wildman–Crippen MR) is 106 cm³/mol. The Labute approximate surface area is 170 Å². The van der Waals surface area contributed by atoms with E-state index in [0.29, 0.717) is 6.42 Å². The van der Waals surface area contributed by atoms with Gasteiger partial charge < -0.3 is 14.7 Å². The number of rotatable bonds is 1. The average Bonchev–Trinajstić information content (AvgIpc) is 3.25. The number of nitrogens with zero attached hydrogens (tertiary/aromatic N) is 2. The van der Waals surface area contributed by atoms with Crippen molar-refractivity contribution in [2.24, 2.45) is 11.3 Å². The van der Waals surface area contributed by atoms with E-state index in [1.165, 1.54) is 12.7 Å². The van der Waals surface area contributed by atoms with Crippen LogP contribution in [-0.2, 0) is 19.7 Å². The molecule has 6 heteroatoms. The summed E-state index contributed by atoms with van der Waals surface area (Å²) in [4.78, 5) is 30.8.